The van der Waals surface area contributed by atoms with Gasteiger partial charge < -0.3 is 0 Å². The predicted molar refractivity (Wildman–Crippen MR) is 25.9 cm³/mol. The molecule has 0 rings (SSSR count). The van der Waals surface area contributed by atoms with E-state index in [1.165, 1.54) is 0 Å². The molecule has 0 aliphatic carbocycles. The van der Waals surface area contributed by atoms with Crippen LogP contribution in [0.2, 0.25) is 0 Å². The van der Waals surface area contributed by atoms with E-state index in [9.17, 15) is 17.6 Å². The monoisotopic (exact) mass is 162 g/mol. The van der Waals surface area contributed by atoms with Crippen molar-refractivity contribution in [3.05, 3.63) is 12.7 Å². The van der Waals surface area contributed by atoms with Crippen molar-refractivity contribution in [1.29, 1.82) is 0 Å². The fourth-order valence-electron chi connectivity index (χ4n) is 0.116. The van der Waals surface area contributed by atoms with E-state index in [1.54, 1.807) is 0 Å². The molecule has 0 N–H and O–H groups in total. The first kappa shape index (κ1) is 8.75. The lowest BCUT2D eigenvalue weighted by Crippen LogP contribution is -2.32. The number of allylic oxidation sites excluding steroid dienone is 1. The number of hydrogen-bond acceptors (Lipinski definition) is 0. The van der Waals surface area contributed by atoms with Crippen LogP contribution in [0.1, 0.15) is 0 Å². The van der Waals surface area contributed by atoms with E-state index in [0.29, 0.717) is 0 Å². The highest BCUT2D eigenvalue weighted by atomic mass is 35.5. The average molecular weight is 163 g/mol. The Bertz CT molecular complexity index is 114. The lowest BCUT2D eigenvalue weighted by Gasteiger charge is -2.15. The molecule has 0 aliphatic heterocycles. The predicted octanol–water partition coefficient (Wildman–Crippen LogP) is 2.64. The van der Waals surface area contributed by atoms with Crippen molar-refractivity contribution in [3.8, 4) is 0 Å². The minimum Gasteiger partial charge on any atom is -0.193 e. The standard InChI is InChI=1S/C4H3ClF4/c1-2-3(6,7)4(5,8)9/h2H,1H2. The summed E-state index contributed by atoms with van der Waals surface area (Å²) in [4.78, 5) is 0. The molecule has 54 valence electrons. The van der Waals surface area contributed by atoms with Gasteiger partial charge in [-0.15, -0.1) is 0 Å². The zero-order chi connectivity index (χ0) is 7.71. The van der Waals surface area contributed by atoms with Crippen LogP contribution in [-0.4, -0.2) is 11.3 Å². The van der Waals surface area contributed by atoms with Crippen molar-refractivity contribution >= 4 is 11.6 Å². The highest BCUT2D eigenvalue weighted by molar-refractivity contribution is 6.22. The first-order chi connectivity index (χ1) is 3.81. The van der Waals surface area contributed by atoms with Gasteiger partial charge in [0.15, 0.2) is 0 Å². The summed E-state index contributed by atoms with van der Waals surface area (Å²) in [7, 11) is 0. The summed E-state index contributed by atoms with van der Waals surface area (Å²) in [6, 6.07) is 0. The molecule has 0 heterocycles. The molecular weight excluding hydrogens is 159 g/mol. The third kappa shape index (κ3) is 1.86. The van der Waals surface area contributed by atoms with Crippen molar-refractivity contribution < 1.29 is 17.6 Å². The molecular formula is C4H3ClF4. The van der Waals surface area contributed by atoms with Crippen molar-refractivity contribution in [1.82, 2.24) is 0 Å². The summed E-state index contributed by atoms with van der Waals surface area (Å²) in [5.41, 5.74) is 0. The Balaban J connectivity index is 4.32. The van der Waals surface area contributed by atoms with Crippen LogP contribution >= 0.6 is 11.6 Å². The number of hydrogen-bond donors (Lipinski definition) is 0. The Morgan fingerprint density at radius 1 is 1.22 bits per heavy atom. The van der Waals surface area contributed by atoms with E-state index in [2.05, 4.69) is 18.2 Å². The zero-order valence-electron chi connectivity index (χ0n) is 4.17. The molecule has 0 aromatic carbocycles. The van der Waals surface area contributed by atoms with Crippen LogP contribution in [0.3, 0.4) is 0 Å². The van der Waals surface area contributed by atoms with Crippen LogP contribution in [0.15, 0.2) is 12.7 Å². The van der Waals surface area contributed by atoms with E-state index >= 15 is 0 Å². The van der Waals surface area contributed by atoms with Crippen LogP contribution in [0.4, 0.5) is 17.6 Å². The molecule has 0 aliphatic rings. The van der Waals surface area contributed by atoms with E-state index < -0.39 is 11.3 Å². The molecule has 0 atom stereocenters. The quantitative estimate of drug-likeness (QED) is 0.333. The van der Waals surface area contributed by atoms with E-state index in [1.807, 2.05) is 0 Å². The van der Waals surface area contributed by atoms with Gasteiger partial charge in [-0.1, -0.05) is 6.58 Å². The minimum absolute atomic E-state index is 0.194. The lowest BCUT2D eigenvalue weighted by atomic mass is 10.3. The Morgan fingerprint density at radius 2 is 1.56 bits per heavy atom. The smallest absolute Gasteiger partial charge is 0.193 e. The van der Waals surface area contributed by atoms with Crippen LogP contribution in [0, 0.1) is 0 Å². The summed E-state index contributed by atoms with van der Waals surface area (Å²) in [6.07, 6.45) is -0.194. The van der Waals surface area contributed by atoms with Gasteiger partial charge in [0, 0.05) is 0 Å². The molecule has 9 heavy (non-hydrogen) atoms. The molecule has 0 bridgehead atoms. The maximum Gasteiger partial charge on any atom is 0.387 e. The molecule has 0 unspecified atom stereocenters. The highest BCUT2D eigenvalue weighted by Crippen LogP contribution is 2.37. The largest absolute Gasteiger partial charge is 0.387 e. The van der Waals surface area contributed by atoms with Gasteiger partial charge in [-0.2, -0.15) is 17.6 Å². The van der Waals surface area contributed by atoms with Gasteiger partial charge in [0.2, 0.25) is 0 Å². The molecule has 0 aromatic rings. The zero-order valence-corrected chi connectivity index (χ0v) is 4.93. The topological polar surface area (TPSA) is 0 Å². The third-order valence-corrected chi connectivity index (χ3v) is 0.886. The molecule has 0 saturated carbocycles. The summed E-state index contributed by atoms with van der Waals surface area (Å²) in [6.45, 7) is 2.48. The van der Waals surface area contributed by atoms with Crippen molar-refractivity contribution in [3.63, 3.8) is 0 Å². The molecule has 0 radical (unpaired) electrons. The average Bonchev–Trinajstić information content (AvgIpc) is 1.64. The Labute approximate surface area is 54.1 Å². The van der Waals surface area contributed by atoms with Crippen molar-refractivity contribution in [2.75, 3.05) is 0 Å². The first-order valence-corrected chi connectivity index (χ1v) is 2.27. The fourth-order valence-corrected chi connectivity index (χ4v) is 0.193. The van der Waals surface area contributed by atoms with Gasteiger partial charge in [0.05, 0.1) is 0 Å². The molecule has 5 heteroatoms. The fraction of sp³-hybridized carbons (Fsp3) is 0.500. The highest BCUT2D eigenvalue weighted by Gasteiger charge is 2.52. The Morgan fingerprint density at radius 3 is 1.56 bits per heavy atom. The van der Waals surface area contributed by atoms with E-state index in [-0.39, 0.29) is 6.08 Å². The van der Waals surface area contributed by atoms with Gasteiger partial charge in [0.25, 0.3) is 0 Å². The molecule has 0 saturated heterocycles. The molecule has 0 amide bonds. The summed E-state index contributed by atoms with van der Waals surface area (Å²) in [5.74, 6) is -4.32. The van der Waals surface area contributed by atoms with Crippen LogP contribution in [0.25, 0.3) is 0 Å². The van der Waals surface area contributed by atoms with Crippen LogP contribution in [0.5, 0.6) is 0 Å². The van der Waals surface area contributed by atoms with E-state index in [4.69, 9.17) is 0 Å². The van der Waals surface area contributed by atoms with Gasteiger partial charge in [0.1, 0.15) is 0 Å². The second-order valence-corrected chi connectivity index (χ2v) is 1.80. The second-order valence-electron chi connectivity index (χ2n) is 1.32. The van der Waals surface area contributed by atoms with Gasteiger partial charge >= 0.3 is 11.3 Å². The van der Waals surface area contributed by atoms with Crippen LogP contribution in [-0.2, 0) is 0 Å². The van der Waals surface area contributed by atoms with Gasteiger partial charge in [-0.25, -0.2) is 0 Å². The number of rotatable bonds is 2. The SMILES string of the molecule is C=CC(F)(F)C(F)(F)Cl. The Kier molecular flexibility index (Phi) is 2.11. The van der Waals surface area contributed by atoms with Crippen molar-refractivity contribution in [2.45, 2.75) is 11.3 Å². The van der Waals surface area contributed by atoms with E-state index in [0.717, 1.165) is 0 Å². The molecule has 0 fully saturated rings. The maximum absolute atomic E-state index is 11.7. The summed E-state index contributed by atoms with van der Waals surface area (Å²) in [5, 5.41) is -4.53. The minimum atomic E-state index is -4.53. The number of halogens is 5. The van der Waals surface area contributed by atoms with Gasteiger partial charge in [-0.3, -0.25) is 0 Å². The number of alkyl halides is 5. The normalized spacial score (nSPS) is 13.4. The van der Waals surface area contributed by atoms with Crippen LogP contribution < -0.4 is 0 Å². The Hall–Kier alpha value is -0.250. The summed E-state index contributed by atoms with van der Waals surface area (Å²) < 4.78 is 46.2. The lowest BCUT2D eigenvalue weighted by molar-refractivity contribution is -0.122. The third-order valence-electron chi connectivity index (χ3n) is 0.634. The molecule has 0 aromatic heterocycles. The maximum atomic E-state index is 11.7. The van der Waals surface area contributed by atoms with Crippen molar-refractivity contribution in [2.24, 2.45) is 0 Å². The molecule has 0 nitrogen and oxygen atoms in total. The second kappa shape index (κ2) is 2.17. The first-order valence-electron chi connectivity index (χ1n) is 1.89. The van der Waals surface area contributed by atoms with Gasteiger partial charge in [-0.05, 0) is 17.7 Å². The molecule has 0 spiro atoms. The summed E-state index contributed by atoms with van der Waals surface area (Å²) >= 11 is 3.97.